The van der Waals surface area contributed by atoms with Gasteiger partial charge in [-0.2, -0.15) is 0 Å². The van der Waals surface area contributed by atoms with Crippen molar-refractivity contribution < 1.29 is 47.2 Å². The van der Waals surface area contributed by atoms with Crippen molar-refractivity contribution in [3.8, 4) is 34.5 Å². The molecule has 1 aliphatic heterocycles. The van der Waals surface area contributed by atoms with Crippen LogP contribution in [0.2, 0.25) is 0 Å². The van der Waals surface area contributed by atoms with Crippen LogP contribution in [0.25, 0.3) is 11.0 Å². The van der Waals surface area contributed by atoms with Gasteiger partial charge in [0.05, 0.1) is 79.2 Å². The first-order chi connectivity index (χ1) is 25.1. The average molecular weight is 714 g/mol. The summed E-state index contributed by atoms with van der Waals surface area (Å²) in [5, 5.41) is 11.4. The lowest BCUT2D eigenvalue weighted by molar-refractivity contribution is -0.141. The maximum absolute atomic E-state index is 13.7. The second-order valence-electron chi connectivity index (χ2n) is 12.1. The molecule has 0 saturated heterocycles. The first-order valence-electron chi connectivity index (χ1n) is 16.4. The average Bonchev–Trinajstić information content (AvgIpc) is 3.17. The number of aromatic hydroxyl groups is 1. The minimum Gasteiger partial charge on any atom is -0.502 e. The van der Waals surface area contributed by atoms with Crippen molar-refractivity contribution >= 4 is 16.9 Å². The molecule has 6 rings (SSSR count). The first kappa shape index (κ1) is 35.9. The van der Waals surface area contributed by atoms with E-state index in [4.69, 9.17) is 37.3 Å². The Hall–Kier alpha value is -5.95. The Balaban J connectivity index is 1.50. The minimum atomic E-state index is -1.20. The molecule has 2 aromatic heterocycles. The van der Waals surface area contributed by atoms with Gasteiger partial charge in [-0.3, -0.25) is 19.3 Å². The molecule has 5 aromatic rings. The van der Waals surface area contributed by atoms with Crippen molar-refractivity contribution in [2.45, 2.75) is 31.3 Å². The largest absolute Gasteiger partial charge is 0.502 e. The van der Waals surface area contributed by atoms with E-state index < -0.39 is 41.0 Å². The molecule has 13 nitrogen and oxygen atoms in total. The van der Waals surface area contributed by atoms with Gasteiger partial charge in [0.25, 0.3) is 0 Å². The third-order valence-corrected chi connectivity index (χ3v) is 9.33. The van der Waals surface area contributed by atoms with E-state index >= 15 is 0 Å². The van der Waals surface area contributed by atoms with Crippen molar-refractivity contribution in [1.82, 2.24) is 4.90 Å². The van der Waals surface area contributed by atoms with Crippen LogP contribution in [0.3, 0.4) is 0 Å². The molecule has 0 fully saturated rings. The topological polar surface area (TPSA) is 156 Å². The molecule has 3 aromatic carbocycles. The Morgan fingerprint density at radius 3 is 2.21 bits per heavy atom. The van der Waals surface area contributed by atoms with E-state index in [-0.39, 0.29) is 29.0 Å². The lowest BCUT2D eigenvalue weighted by Gasteiger charge is -2.38. The predicted octanol–water partition coefficient (Wildman–Crippen LogP) is 5.34. The highest BCUT2D eigenvalue weighted by atomic mass is 16.5. The van der Waals surface area contributed by atoms with Gasteiger partial charge in [-0.15, -0.1) is 0 Å². The lowest BCUT2D eigenvalue weighted by atomic mass is 9.87. The van der Waals surface area contributed by atoms with Gasteiger partial charge in [-0.05, 0) is 59.5 Å². The van der Waals surface area contributed by atoms with Gasteiger partial charge >= 0.3 is 5.97 Å². The molecule has 13 heteroatoms. The number of fused-ring (bicyclic) bond motifs is 2. The maximum Gasteiger partial charge on any atom is 0.306 e. The SMILES string of the molecule is COC(=O)CC(c1oc(CN2CCc3cc(OC)c(OC)cc3C2c2cc(OC)c(OC)c(OC)c2)cc(=O)c1O)c1coc2ccccc2c1=O. The van der Waals surface area contributed by atoms with Crippen LogP contribution >= 0.6 is 0 Å². The lowest BCUT2D eigenvalue weighted by Crippen LogP contribution is -2.36. The first-order valence-corrected chi connectivity index (χ1v) is 16.4. The number of esters is 1. The summed E-state index contributed by atoms with van der Waals surface area (Å²) < 4.78 is 45.2. The number of ether oxygens (including phenoxy) is 6. The van der Waals surface area contributed by atoms with E-state index in [2.05, 4.69) is 4.90 Å². The van der Waals surface area contributed by atoms with Crippen LogP contribution < -0.4 is 34.5 Å². The second kappa shape index (κ2) is 15.1. The molecule has 2 unspecified atom stereocenters. The second-order valence-corrected chi connectivity index (χ2v) is 12.1. The third-order valence-electron chi connectivity index (χ3n) is 9.33. The number of rotatable bonds is 12. The number of hydrogen-bond donors (Lipinski definition) is 1. The van der Waals surface area contributed by atoms with Gasteiger partial charge in [0.1, 0.15) is 11.3 Å². The Kier molecular flexibility index (Phi) is 10.4. The Morgan fingerprint density at radius 1 is 0.885 bits per heavy atom. The summed E-state index contributed by atoms with van der Waals surface area (Å²) in [4.78, 5) is 41.9. The summed E-state index contributed by atoms with van der Waals surface area (Å²) in [6.07, 6.45) is 1.41. The third kappa shape index (κ3) is 6.62. The van der Waals surface area contributed by atoms with E-state index in [1.807, 2.05) is 24.3 Å². The molecule has 0 spiro atoms. The Labute approximate surface area is 298 Å². The van der Waals surface area contributed by atoms with E-state index in [1.165, 1.54) is 40.8 Å². The van der Waals surface area contributed by atoms with Crippen molar-refractivity contribution in [2.75, 3.05) is 49.2 Å². The molecule has 0 amide bonds. The van der Waals surface area contributed by atoms with Gasteiger partial charge in [0, 0.05) is 18.2 Å². The molecule has 272 valence electrons. The number of methoxy groups -OCH3 is 6. The van der Waals surface area contributed by atoms with Gasteiger partial charge < -0.3 is 42.4 Å². The number of carbonyl (C=O) groups excluding carboxylic acids is 1. The fourth-order valence-corrected chi connectivity index (χ4v) is 6.81. The van der Waals surface area contributed by atoms with Gasteiger partial charge in [0.15, 0.2) is 34.2 Å². The molecule has 52 heavy (non-hydrogen) atoms. The molecule has 0 aliphatic carbocycles. The number of carbonyl (C=O) groups is 1. The van der Waals surface area contributed by atoms with Crippen LogP contribution in [0.1, 0.15) is 52.2 Å². The van der Waals surface area contributed by atoms with E-state index in [0.717, 1.165) is 16.7 Å². The zero-order valence-corrected chi connectivity index (χ0v) is 29.6. The highest BCUT2D eigenvalue weighted by Gasteiger charge is 2.34. The quantitative estimate of drug-likeness (QED) is 0.166. The molecule has 1 N–H and O–H groups in total. The van der Waals surface area contributed by atoms with Crippen molar-refractivity contribution in [3.63, 3.8) is 0 Å². The van der Waals surface area contributed by atoms with E-state index in [9.17, 15) is 19.5 Å². The fraction of sp³-hybridized carbons (Fsp3) is 0.308. The van der Waals surface area contributed by atoms with Crippen LogP contribution in [0.4, 0.5) is 0 Å². The summed E-state index contributed by atoms with van der Waals surface area (Å²) in [5.41, 5.74) is 1.86. The summed E-state index contributed by atoms with van der Waals surface area (Å²) >= 11 is 0. The number of nitrogens with zero attached hydrogens (tertiary/aromatic N) is 1. The summed E-state index contributed by atoms with van der Waals surface area (Å²) in [6, 6.07) is 15.0. The van der Waals surface area contributed by atoms with Gasteiger partial charge in [-0.25, -0.2) is 0 Å². The fourth-order valence-electron chi connectivity index (χ4n) is 6.81. The summed E-state index contributed by atoms with van der Waals surface area (Å²) in [7, 11) is 8.95. The normalized spacial score (nSPS) is 14.7. The highest BCUT2D eigenvalue weighted by molar-refractivity contribution is 5.77. The number of benzene rings is 3. The van der Waals surface area contributed by atoms with E-state index in [0.29, 0.717) is 47.3 Å². The molecule has 0 bridgehead atoms. The van der Waals surface area contributed by atoms with Crippen molar-refractivity contribution in [3.05, 3.63) is 115 Å². The molecular weight excluding hydrogens is 674 g/mol. The minimum absolute atomic E-state index is 0.0166. The van der Waals surface area contributed by atoms with Crippen LogP contribution in [-0.2, 0) is 22.5 Å². The predicted molar refractivity (Wildman–Crippen MR) is 189 cm³/mol. The zero-order chi connectivity index (χ0) is 37.1. The summed E-state index contributed by atoms with van der Waals surface area (Å²) in [5.74, 6) is -0.274. The zero-order valence-electron chi connectivity index (χ0n) is 29.6. The summed E-state index contributed by atoms with van der Waals surface area (Å²) in [6.45, 7) is 0.582. The maximum atomic E-state index is 13.7. The van der Waals surface area contributed by atoms with Crippen molar-refractivity contribution in [1.29, 1.82) is 0 Å². The Bertz CT molecular complexity index is 2210. The van der Waals surface area contributed by atoms with Crippen LogP contribution in [0.15, 0.2) is 79.3 Å². The monoisotopic (exact) mass is 713 g/mol. The molecule has 2 atom stereocenters. The van der Waals surface area contributed by atoms with Crippen molar-refractivity contribution in [2.24, 2.45) is 0 Å². The smallest absolute Gasteiger partial charge is 0.306 e. The van der Waals surface area contributed by atoms with Crippen LogP contribution in [-0.4, -0.2) is 65.2 Å². The molecule has 1 aliphatic rings. The highest BCUT2D eigenvalue weighted by Crippen LogP contribution is 2.46. The van der Waals surface area contributed by atoms with Crippen LogP contribution in [0.5, 0.6) is 34.5 Å². The standard InChI is InChI=1S/C39H39NO12/c1-45-30-13-21-11-12-40(35(25(21)17-31(30)46-2)22-14-32(47-3)39(50-6)33(15-22)48-4)19-23-16-28(41)37(44)38(52-23)26(18-34(42)49-5)27-20-51-29-10-8-7-9-24(29)36(27)43/h7-10,13-17,20,26,35,44H,11-12,18-19H2,1-6H3. The molecular formula is C39H39NO12. The number of para-hydroxylation sites is 1. The molecule has 0 radical (unpaired) electrons. The van der Waals surface area contributed by atoms with E-state index in [1.54, 1.807) is 38.5 Å². The number of hydrogen-bond acceptors (Lipinski definition) is 13. The molecule has 3 heterocycles. The Morgan fingerprint density at radius 2 is 1.56 bits per heavy atom. The van der Waals surface area contributed by atoms with Gasteiger partial charge in [-0.1, -0.05) is 12.1 Å². The van der Waals surface area contributed by atoms with Gasteiger partial charge in [0.2, 0.25) is 16.9 Å². The molecule has 0 saturated carbocycles. The van der Waals surface area contributed by atoms with Crippen LogP contribution in [0, 0.1) is 0 Å².